The number of allylic oxidation sites excluding steroid dienone is 4. The van der Waals surface area contributed by atoms with Crippen molar-refractivity contribution in [2.75, 3.05) is 0 Å². The Morgan fingerprint density at radius 2 is 2.43 bits per heavy atom. The third kappa shape index (κ3) is 2.46. The molecule has 1 aliphatic heterocycles. The number of rotatable bonds is 4. The molecule has 0 atom stereocenters. The van der Waals surface area contributed by atoms with Crippen LogP contribution in [0, 0.1) is 0 Å². The fraction of sp³-hybridized carbons (Fsp3) is 0.250. The molecule has 1 heterocycles. The fourth-order valence-electron chi connectivity index (χ4n) is 1.27. The van der Waals surface area contributed by atoms with Gasteiger partial charge >= 0.3 is 0 Å². The van der Waals surface area contributed by atoms with Gasteiger partial charge in [0.15, 0.2) is 0 Å². The summed E-state index contributed by atoms with van der Waals surface area (Å²) >= 11 is 0. The number of hydrogen-bond acceptors (Lipinski definition) is 2. The van der Waals surface area contributed by atoms with Crippen LogP contribution in [0.25, 0.3) is 0 Å². The molecule has 0 saturated carbocycles. The molecule has 0 aliphatic carbocycles. The summed E-state index contributed by atoms with van der Waals surface area (Å²) in [5.74, 6) is 0.197. The number of aliphatic hydroxyl groups excluding tert-OH is 1. The molecule has 74 valence electrons. The third-order valence-corrected chi connectivity index (χ3v) is 2.01. The van der Waals surface area contributed by atoms with Gasteiger partial charge in [0.25, 0.3) is 0 Å². The van der Waals surface area contributed by atoms with E-state index in [2.05, 4.69) is 18.2 Å². The van der Waals surface area contributed by atoms with Crippen LogP contribution >= 0.6 is 0 Å². The molecule has 0 bridgehead atoms. The van der Waals surface area contributed by atoms with Gasteiger partial charge < -0.3 is 5.11 Å². The zero-order valence-electron chi connectivity index (χ0n) is 8.45. The van der Waals surface area contributed by atoms with E-state index >= 15 is 0 Å². The lowest BCUT2D eigenvalue weighted by Gasteiger charge is -2.01. The van der Waals surface area contributed by atoms with E-state index in [-0.39, 0.29) is 5.76 Å². The number of hydrogen-bond donors (Lipinski definition) is 1. The Bertz CT molecular complexity index is 345. The second-order valence-corrected chi connectivity index (χ2v) is 3.33. The van der Waals surface area contributed by atoms with Crippen molar-refractivity contribution in [3.05, 3.63) is 47.9 Å². The maximum absolute atomic E-state index is 9.71. The summed E-state index contributed by atoms with van der Waals surface area (Å²) in [6, 6.07) is 0. The second-order valence-electron chi connectivity index (χ2n) is 3.33. The van der Waals surface area contributed by atoms with Crippen LogP contribution in [0.4, 0.5) is 0 Å². The average molecular weight is 189 g/mol. The highest BCUT2D eigenvalue weighted by molar-refractivity contribution is 5.68. The minimum absolute atomic E-state index is 0.197. The fourth-order valence-corrected chi connectivity index (χ4v) is 1.27. The number of aliphatic hydroxyl groups is 1. The highest BCUT2D eigenvalue weighted by atomic mass is 16.3. The first-order chi connectivity index (χ1) is 6.65. The molecule has 0 radical (unpaired) electrons. The Labute approximate surface area is 84.7 Å². The van der Waals surface area contributed by atoms with Crippen LogP contribution in [0.2, 0.25) is 0 Å². The molecular formula is C12H15NO. The van der Waals surface area contributed by atoms with Gasteiger partial charge in [-0.05, 0) is 30.6 Å². The smallest absolute Gasteiger partial charge is 0.141 e. The summed E-state index contributed by atoms with van der Waals surface area (Å²) < 4.78 is 0. The van der Waals surface area contributed by atoms with Crippen molar-refractivity contribution < 1.29 is 5.11 Å². The van der Waals surface area contributed by atoms with E-state index < -0.39 is 0 Å². The SMILES string of the molecule is C=CCC(=C)C=C(O)C1=C(C)CC=N1. The Kier molecular flexibility index (Phi) is 3.46. The summed E-state index contributed by atoms with van der Waals surface area (Å²) in [4.78, 5) is 4.10. The Morgan fingerprint density at radius 3 is 2.93 bits per heavy atom. The second kappa shape index (κ2) is 4.61. The first-order valence-electron chi connectivity index (χ1n) is 4.57. The standard InChI is InChI=1S/C12H15NO/c1-4-5-9(2)8-11(14)12-10(3)6-7-13-12/h4,7-8,14H,1-2,5-6H2,3H3. The first-order valence-corrected chi connectivity index (χ1v) is 4.57. The molecule has 1 N–H and O–H groups in total. The van der Waals surface area contributed by atoms with Gasteiger partial charge in [-0.1, -0.05) is 12.7 Å². The lowest BCUT2D eigenvalue weighted by molar-refractivity contribution is 0.421. The summed E-state index contributed by atoms with van der Waals surface area (Å²) in [5.41, 5.74) is 2.60. The van der Waals surface area contributed by atoms with Crippen molar-refractivity contribution in [3.8, 4) is 0 Å². The van der Waals surface area contributed by atoms with Crippen LogP contribution in [0.15, 0.2) is 52.9 Å². The maximum atomic E-state index is 9.71. The Morgan fingerprint density at radius 1 is 1.71 bits per heavy atom. The molecular weight excluding hydrogens is 174 g/mol. The van der Waals surface area contributed by atoms with E-state index in [0.717, 1.165) is 17.6 Å². The van der Waals surface area contributed by atoms with Crippen LogP contribution in [0.5, 0.6) is 0 Å². The summed E-state index contributed by atoms with van der Waals surface area (Å²) in [6.07, 6.45) is 6.70. The van der Waals surface area contributed by atoms with Crippen molar-refractivity contribution in [1.82, 2.24) is 0 Å². The van der Waals surface area contributed by atoms with E-state index in [4.69, 9.17) is 0 Å². The molecule has 0 unspecified atom stereocenters. The van der Waals surface area contributed by atoms with Gasteiger partial charge in [0, 0.05) is 12.6 Å². The van der Waals surface area contributed by atoms with Gasteiger partial charge in [0.2, 0.25) is 0 Å². The van der Waals surface area contributed by atoms with Gasteiger partial charge in [-0.15, -0.1) is 6.58 Å². The Balaban J connectivity index is 2.78. The molecule has 0 aromatic rings. The average Bonchev–Trinajstić information content (AvgIpc) is 2.51. The normalized spacial score (nSPS) is 16.2. The zero-order valence-corrected chi connectivity index (χ0v) is 8.45. The summed E-state index contributed by atoms with van der Waals surface area (Å²) in [7, 11) is 0. The maximum Gasteiger partial charge on any atom is 0.141 e. The lowest BCUT2D eigenvalue weighted by Crippen LogP contribution is -1.87. The van der Waals surface area contributed by atoms with E-state index in [0.29, 0.717) is 12.1 Å². The molecule has 0 amide bonds. The molecule has 0 fully saturated rings. The highest BCUT2D eigenvalue weighted by Gasteiger charge is 2.10. The topological polar surface area (TPSA) is 32.6 Å². The van der Waals surface area contributed by atoms with Gasteiger partial charge in [0.1, 0.15) is 11.5 Å². The molecule has 0 spiro atoms. The van der Waals surface area contributed by atoms with Gasteiger partial charge in [-0.25, -0.2) is 0 Å². The highest BCUT2D eigenvalue weighted by Crippen LogP contribution is 2.22. The molecule has 2 heteroatoms. The Hall–Kier alpha value is -1.57. The summed E-state index contributed by atoms with van der Waals surface area (Å²) in [5, 5.41) is 9.71. The predicted octanol–water partition coefficient (Wildman–Crippen LogP) is 3.31. The minimum Gasteiger partial charge on any atom is -0.506 e. The predicted molar refractivity (Wildman–Crippen MR) is 60.5 cm³/mol. The van der Waals surface area contributed by atoms with Crippen LogP contribution in [0.1, 0.15) is 19.8 Å². The van der Waals surface area contributed by atoms with E-state index in [1.807, 2.05) is 6.92 Å². The van der Waals surface area contributed by atoms with Crippen LogP contribution in [-0.2, 0) is 0 Å². The quantitative estimate of drug-likeness (QED) is 0.411. The molecule has 14 heavy (non-hydrogen) atoms. The molecule has 2 nitrogen and oxygen atoms in total. The van der Waals surface area contributed by atoms with Crippen LogP contribution in [-0.4, -0.2) is 11.3 Å². The number of aliphatic imine (C=N–C) groups is 1. The van der Waals surface area contributed by atoms with Crippen molar-refractivity contribution in [2.45, 2.75) is 19.8 Å². The molecule has 0 aromatic heterocycles. The van der Waals surface area contributed by atoms with E-state index in [1.165, 1.54) is 0 Å². The van der Waals surface area contributed by atoms with Crippen molar-refractivity contribution in [2.24, 2.45) is 4.99 Å². The lowest BCUT2D eigenvalue weighted by atomic mass is 10.1. The molecule has 1 rings (SSSR count). The largest absolute Gasteiger partial charge is 0.506 e. The zero-order chi connectivity index (χ0) is 10.6. The van der Waals surface area contributed by atoms with Crippen molar-refractivity contribution in [1.29, 1.82) is 0 Å². The summed E-state index contributed by atoms with van der Waals surface area (Å²) in [6.45, 7) is 9.37. The monoisotopic (exact) mass is 189 g/mol. The van der Waals surface area contributed by atoms with E-state index in [1.54, 1.807) is 18.4 Å². The van der Waals surface area contributed by atoms with Gasteiger partial charge in [0.05, 0.1) is 0 Å². The molecule has 0 aromatic carbocycles. The van der Waals surface area contributed by atoms with Crippen LogP contribution < -0.4 is 0 Å². The molecule has 1 aliphatic rings. The molecule has 0 saturated heterocycles. The minimum atomic E-state index is 0.197. The van der Waals surface area contributed by atoms with Crippen molar-refractivity contribution in [3.63, 3.8) is 0 Å². The third-order valence-electron chi connectivity index (χ3n) is 2.01. The van der Waals surface area contributed by atoms with Crippen molar-refractivity contribution >= 4 is 6.21 Å². The van der Waals surface area contributed by atoms with Crippen LogP contribution in [0.3, 0.4) is 0 Å². The van der Waals surface area contributed by atoms with Gasteiger partial charge in [-0.2, -0.15) is 0 Å². The first kappa shape index (κ1) is 10.5. The number of nitrogens with zero attached hydrogens (tertiary/aromatic N) is 1. The van der Waals surface area contributed by atoms with E-state index in [9.17, 15) is 5.11 Å². The van der Waals surface area contributed by atoms with Gasteiger partial charge in [-0.3, -0.25) is 4.99 Å².